The zero-order valence-corrected chi connectivity index (χ0v) is 10.9. The number of fused-ring (bicyclic) bond motifs is 1. The highest BCUT2D eigenvalue weighted by atomic mass is 35.5. The van der Waals surface area contributed by atoms with Crippen molar-refractivity contribution in [1.82, 2.24) is 9.38 Å². The third kappa shape index (κ3) is 2.32. The molecule has 0 amide bonds. The summed E-state index contributed by atoms with van der Waals surface area (Å²) in [5.41, 5.74) is 1.13. The number of aromatic nitrogens is 2. The van der Waals surface area contributed by atoms with Crippen molar-refractivity contribution < 1.29 is 14.3 Å². The van der Waals surface area contributed by atoms with Gasteiger partial charge >= 0.3 is 5.97 Å². The summed E-state index contributed by atoms with van der Waals surface area (Å²) in [6, 6.07) is 3.34. The Kier molecular flexibility index (Phi) is 3.84. The van der Waals surface area contributed by atoms with Crippen molar-refractivity contribution in [1.29, 1.82) is 0 Å². The number of rotatable bonds is 4. The van der Waals surface area contributed by atoms with E-state index in [-0.39, 0.29) is 0 Å². The average Bonchev–Trinajstić information content (AvgIpc) is 2.72. The summed E-state index contributed by atoms with van der Waals surface area (Å²) < 4.78 is 11.5. The van der Waals surface area contributed by atoms with Crippen LogP contribution >= 0.6 is 11.6 Å². The fourth-order valence-electron chi connectivity index (χ4n) is 1.72. The van der Waals surface area contributed by atoms with Crippen molar-refractivity contribution in [3.05, 3.63) is 34.9 Å². The summed E-state index contributed by atoms with van der Waals surface area (Å²) >= 11 is 6.05. The second-order valence-corrected chi connectivity index (χ2v) is 4.08. The smallest absolute Gasteiger partial charge is 0.337 e. The molecule has 0 atom stereocenters. The number of halogens is 1. The fourth-order valence-corrected chi connectivity index (χ4v) is 1.97. The van der Waals surface area contributed by atoms with Gasteiger partial charge in [0.25, 0.3) is 0 Å². The molecule has 96 valence electrons. The Hall–Kier alpha value is -1.59. The van der Waals surface area contributed by atoms with Gasteiger partial charge < -0.3 is 13.9 Å². The lowest BCUT2D eigenvalue weighted by molar-refractivity contribution is 0.0600. The van der Waals surface area contributed by atoms with Crippen LogP contribution in [-0.2, 0) is 15.9 Å². The summed E-state index contributed by atoms with van der Waals surface area (Å²) in [5.74, 6) is 0.404. The maximum atomic E-state index is 11.4. The normalized spacial score (nSPS) is 10.8. The van der Waals surface area contributed by atoms with Gasteiger partial charge in [-0.1, -0.05) is 11.6 Å². The van der Waals surface area contributed by atoms with Gasteiger partial charge in [-0.05, 0) is 12.1 Å². The predicted octanol–water partition coefficient (Wildman–Crippen LogP) is 1.96. The number of esters is 1. The summed E-state index contributed by atoms with van der Waals surface area (Å²) in [4.78, 5) is 15.7. The lowest BCUT2D eigenvalue weighted by Crippen LogP contribution is -2.03. The molecule has 0 aliphatic rings. The Bertz CT molecular complexity index is 580. The number of hydrogen-bond acceptors (Lipinski definition) is 4. The van der Waals surface area contributed by atoms with E-state index in [1.165, 1.54) is 7.11 Å². The minimum atomic E-state index is -0.395. The maximum Gasteiger partial charge on any atom is 0.337 e. The van der Waals surface area contributed by atoms with Gasteiger partial charge in [0.05, 0.1) is 24.8 Å². The van der Waals surface area contributed by atoms with Crippen LogP contribution < -0.4 is 0 Å². The number of pyridine rings is 1. The highest BCUT2D eigenvalue weighted by Crippen LogP contribution is 2.20. The molecule has 0 fully saturated rings. The number of hydrogen-bond donors (Lipinski definition) is 0. The number of carbonyl (C=O) groups is 1. The molecule has 5 nitrogen and oxygen atoms in total. The first kappa shape index (κ1) is 12.9. The molecule has 0 bridgehead atoms. The number of ether oxygens (including phenoxy) is 2. The highest BCUT2D eigenvalue weighted by molar-refractivity contribution is 6.32. The van der Waals surface area contributed by atoms with Crippen molar-refractivity contribution in [3.63, 3.8) is 0 Å². The molecule has 0 radical (unpaired) electrons. The van der Waals surface area contributed by atoms with Crippen molar-refractivity contribution in [2.24, 2.45) is 0 Å². The van der Waals surface area contributed by atoms with E-state index < -0.39 is 5.97 Å². The zero-order valence-electron chi connectivity index (χ0n) is 10.1. The fraction of sp³-hybridized carbons (Fsp3) is 0.333. The van der Waals surface area contributed by atoms with Crippen LogP contribution in [0.5, 0.6) is 0 Å². The van der Waals surface area contributed by atoms with Gasteiger partial charge in [0, 0.05) is 19.7 Å². The molecule has 0 aromatic carbocycles. The molecule has 6 heteroatoms. The van der Waals surface area contributed by atoms with E-state index in [1.54, 1.807) is 25.4 Å². The van der Waals surface area contributed by atoms with Crippen LogP contribution in [0.3, 0.4) is 0 Å². The molecule has 2 aromatic rings. The molecule has 0 N–H and O–H groups in total. The number of nitrogens with zero attached hydrogens (tertiary/aromatic N) is 2. The second kappa shape index (κ2) is 5.37. The molecule has 0 spiro atoms. The summed E-state index contributed by atoms with van der Waals surface area (Å²) in [7, 11) is 2.97. The monoisotopic (exact) mass is 268 g/mol. The van der Waals surface area contributed by atoms with E-state index in [0.717, 1.165) is 5.82 Å². The Morgan fingerprint density at radius 2 is 2.28 bits per heavy atom. The number of methoxy groups -OCH3 is 2. The molecule has 18 heavy (non-hydrogen) atoms. The molecule has 0 saturated carbocycles. The molecule has 0 saturated heterocycles. The Balaban J connectivity index is 2.45. The predicted molar refractivity (Wildman–Crippen MR) is 67.1 cm³/mol. The van der Waals surface area contributed by atoms with Crippen molar-refractivity contribution in [2.45, 2.75) is 6.42 Å². The first-order chi connectivity index (χ1) is 8.67. The van der Waals surface area contributed by atoms with E-state index >= 15 is 0 Å². The molecule has 2 heterocycles. The van der Waals surface area contributed by atoms with E-state index in [0.29, 0.717) is 29.3 Å². The molecular weight excluding hydrogens is 256 g/mol. The van der Waals surface area contributed by atoms with Gasteiger partial charge in [-0.2, -0.15) is 0 Å². The van der Waals surface area contributed by atoms with E-state index in [2.05, 4.69) is 9.72 Å². The van der Waals surface area contributed by atoms with Crippen molar-refractivity contribution in [3.8, 4) is 0 Å². The van der Waals surface area contributed by atoms with Gasteiger partial charge in [0.1, 0.15) is 5.82 Å². The van der Waals surface area contributed by atoms with E-state index in [4.69, 9.17) is 16.3 Å². The topological polar surface area (TPSA) is 52.8 Å². The van der Waals surface area contributed by atoms with Crippen LogP contribution in [0, 0.1) is 0 Å². The molecule has 0 aliphatic carbocycles. The molecule has 2 aromatic heterocycles. The third-order valence-electron chi connectivity index (χ3n) is 2.62. The molecular formula is C12H13ClN2O3. The Morgan fingerprint density at radius 1 is 1.50 bits per heavy atom. The Morgan fingerprint density at radius 3 is 2.94 bits per heavy atom. The van der Waals surface area contributed by atoms with Crippen molar-refractivity contribution >= 4 is 23.1 Å². The summed E-state index contributed by atoms with van der Waals surface area (Å²) in [6.07, 6.45) is 2.41. The van der Waals surface area contributed by atoms with Crippen LogP contribution in [-0.4, -0.2) is 36.2 Å². The third-order valence-corrected chi connectivity index (χ3v) is 2.90. The van der Waals surface area contributed by atoms with Gasteiger partial charge in [0.2, 0.25) is 0 Å². The maximum absolute atomic E-state index is 11.4. The summed E-state index contributed by atoms with van der Waals surface area (Å²) in [5, 5.41) is 0.367. The van der Waals surface area contributed by atoms with Gasteiger partial charge in [-0.25, -0.2) is 9.78 Å². The van der Waals surface area contributed by atoms with Crippen LogP contribution in [0.25, 0.3) is 5.52 Å². The SMILES string of the molecule is COCCc1nc(Cl)c2cc(C(=O)OC)ccn12. The number of carbonyl (C=O) groups excluding carboxylic acids is 1. The lowest BCUT2D eigenvalue weighted by Gasteiger charge is -2.02. The zero-order chi connectivity index (χ0) is 13.1. The molecule has 2 rings (SSSR count). The largest absolute Gasteiger partial charge is 0.465 e. The lowest BCUT2D eigenvalue weighted by atomic mass is 10.2. The summed E-state index contributed by atoms with van der Waals surface area (Å²) in [6.45, 7) is 0.564. The van der Waals surface area contributed by atoms with Crippen LogP contribution in [0.15, 0.2) is 18.3 Å². The molecule has 0 aliphatic heterocycles. The number of imidazole rings is 1. The quantitative estimate of drug-likeness (QED) is 0.796. The van der Waals surface area contributed by atoms with Gasteiger partial charge in [0.15, 0.2) is 5.15 Å². The Labute approximate surface area is 109 Å². The van der Waals surface area contributed by atoms with Crippen molar-refractivity contribution in [2.75, 3.05) is 20.8 Å². The van der Waals surface area contributed by atoms with E-state index in [9.17, 15) is 4.79 Å². The van der Waals surface area contributed by atoms with Crippen LogP contribution in [0.1, 0.15) is 16.2 Å². The minimum absolute atomic E-state index is 0.367. The van der Waals surface area contributed by atoms with Crippen LogP contribution in [0.4, 0.5) is 0 Å². The van der Waals surface area contributed by atoms with E-state index in [1.807, 2.05) is 4.40 Å². The standard InChI is InChI=1S/C12H13ClN2O3/c1-17-6-4-10-14-11(13)9-7-8(12(16)18-2)3-5-15(9)10/h3,5,7H,4,6H2,1-2H3. The highest BCUT2D eigenvalue weighted by Gasteiger charge is 2.12. The second-order valence-electron chi connectivity index (χ2n) is 3.72. The average molecular weight is 269 g/mol. The first-order valence-electron chi connectivity index (χ1n) is 5.41. The van der Waals surface area contributed by atoms with Gasteiger partial charge in [-0.3, -0.25) is 0 Å². The van der Waals surface area contributed by atoms with Gasteiger partial charge in [-0.15, -0.1) is 0 Å². The minimum Gasteiger partial charge on any atom is -0.465 e. The van der Waals surface area contributed by atoms with Crippen LogP contribution in [0.2, 0.25) is 5.15 Å². The first-order valence-corrected chi connectivity index (χ1v) is 5.79. The molecule has 0 unspecified atom stereocenters.